The van der Waals surface area contributed by atoms with E-state index in [2.05, 4.69) is 26.4 Å². The number of nitrogens with zero attached hydrogens (tertiary/aromatic N) is 2. The van der Waals surface area contributed by atoms with Crippen LogP contribution in [0, 0.1) is 17.8 Å². The molecule has 1 aromatic heterocycles. The number of nitrogens with one attached hydrogen (secondary N) is 4. The van der Waals surface area contributed by atoms with Gasteiger partial charge in [-0.2, -0.15) is 18.3 Å². The lowest BCUT2D eigenvalue weighted by Gasteiger charge is -2.28. The maximum Gasteiger partial charge on any atom is 0.391 e. The third kappa shape index (κ3) is 7.59. The molecule has 44 heavy (non-hydrogen) atoms. The van der Waals surface area contributed by atoms with Crippen molar-refractivity contribution in [2.24, 2.45) is 17.8 Å². The Morgan fingerprint density at radius 1 is 0.977 bits per heavy atom. The third-order valence-electron chi connectivity index (χ3n) is 8.61. The highest BCUT2D eigenvalue weighted by molar-refractivity contribution is 6.01. The summed E-state index contributed by atoms with van der Waals surface area (Å²) in [6, 6.07) is 3.87. The number of hydrogen-bond acceptors (Lipinski definition) is 5. The van der Waals surface area contributed by atoms with Crippen molar-refractivity contribution in [3.05, 3.63) is 47.3 Å². The molecule has 0 saturated heterocycles. The average Bonchev–Trinajstić information content (AvgIpc) is 3.86. The van der Waals surface area contributed by atoms with Gasteiger partial charge in [-0.25, -0.2) is 0 Å². The average molecular weight is 617 g/mol. The molecule has 1 heterocycles. The normalized spacial score (nSPS) is 19.3. The number of fused-ring (bicyclic) bond motifs is 1. The molecule has 0 radical (unpaired) electrons. The van der Waals surface area contributed by atoms with Crippen LogP contribution in [0.2, 0.25) is 0 Å². The first-order valence-electron chi connectivity index (χ1n) is 15.2. The van der Waals surface area contributed by atoms with E-state index >= 15 is 0 Å². The summed E-state index contributed by atoms with van der Waals surface area (Å²) in [7, 11) is 0. The summed E-state index contributed by atoms with van der Waals surface area (Å²) < 4.78 is 40.7. The van der Waals surface area contributed by atoms with E-state index in [0.29, 0.717) is 36.1 Å². The molecule has 4 N–H and O–H groups in total. The van der Waals surface area contributed by atoms with Gasteiger partial charge in [-0.05, 0) is 99.5 Å². The zero-order valence-electron chi connectivity index (χ0n) is 25.0. The monoisotopic (exact) mass is 616 g/mol. The van der Waals surface area contributed by atoms with Crippen molar-refractivity contribution in [3.8, 4) is 0 Å². The zero-order valence-corrected chi connectivity index (χ0v) is 25.0. The summed E-state index contributed by atoms with van der Waals surface area (Å²) in [6.45, 7) is 4.92. The molecule has 4 amide bonds. The maximum absolute atomic E-state index is 13.8. The van der Waals surface area contributed by atoms with Crippen LogP contribution in [-0.4, -0.2) is 51.7 Å². The number of hydrogen-bond donors (Lipinski definition) is 4. The predicted molar refractivity (Wildman–Crippen MR) is 155 cm³/mol. The lowest BCUT2D eigenvalue weighted by Crippen LogP contribution is -2.50. The van der Waals surface area contributed by atoms with E-state index in [-0.39, 0.29) is 23.8 Å². The van der Waals surface area contributed by atoms with Crippen LogP contribution in [0.3, 0.4) is 0 Å². The summed E-state index contributed by atoms with van der Waals surface area (Å²) in [5.41, 5.74) is 2.52. The minimum Gasteiger partial charge on any atom is -0.347 e. The predicted octanol–water partition coefficient (Wildman–Crippen LogP) is 4.20. The molecule has 2 fully saturated rings. The number of anilines is 1. The molecule has 5 rings (SSSR count). The molecule has 3 aliphatic carbocycles. The molecule has 238 valence electrons. The molecular weight excluding hydrogens is 577 g/mol. The van der Waals surface area contributed by atoms with Crippen molar-refractivity contribution in [2.75, 3.05) is 5.32 Å². The second kappa shape index (κ2) is 12.6. The Hall–Kier alpha value is -3.90. The highest BCUT2D eigenvalue weighted by atomic mass is 19.4. The second-order valence-electron chi connectivity index (χ2n) is 12.5. The molecule has 0 spiro atoms. The Morgan fingerprint density at radius 2 is 1.66 bits per heavy atom. The zero-order chi connectivity index (χ0) is 31.8. The lowest BCUT2D eigenvalue weighted by atomic mass is 9.88. The van der Waals surface area contributed by atoms with Gasteiger partial charge >= 0.3 is 6.18 Å². The number of aromatic nitrogens is 2. The van der Waals surface area contributed by atoms with Gasteiger partial charge in [0.25, 0.3) is 5.91 Å². The summed E-state index contributed by atoms with van der Waals surface area (Å²) in [5, 5.41) is 15.0. The Labute approximate surface area is 253 Å². The van der Waals surface area contributed by atoms with E-state index < -0.39 is 42.5 Å². The van der Waals surface area contributed by atoms with Crippen molar-refractivity contribution >= 4 is 29.3 Å². The summed E-state index contributed by atoms with van der Waals surface area (Å²) in [4.78, 5) is 51.3. The van der Waals surface area contributed by atoms with E-state index in [1.807, 2.05) is 13.8 Å². The van der Waals surface area contributed by atoms with Crippen LogP contribution in [0.1, 0.15) is 93.0 Å². The van der Waals surface area contributed by atoms with Gasteiger partial charge in [0.2, 0.25) is 17.7 Å². The highest BCUT2D eigenvalue weighted by Gasteiger charge is 2.48. The Kier molecular flexibility index (Phi) is 9.03. The highest BCUT2D eigenvalue weighted by Crippen LogP contribution is 2.51. The molecule has 3 aliphatic rings. The van der Waals surface area contributed by atoms with Crippen LogP contribution in [0.25, 0.3) is 0 Å². The Morgan fingerprint density at radius 3 is 2.25 bits per heavy atom. The van der Waals surface area contributed by atoms with Gasteiger partial charge in [0.15, 0.2) is 0 Å². The van der Waals surface area contributed by atoms with Crippen molar-refractivity contribution in [2.45, 2.75) is 96.1 Å². The van der Waals surface area contributed by atoms with Crippen LogP contribution in [-0.2, 0) is 20.8 Å². The van der Waals surface area contributed by atoms with Gasteiger partial charge in [-0.15, -0.1) is 0 Å². The first-order valence-corrected chi connectivity index (χ1v) is 15.2. The van der Waals surface area contributed by atoms with Crippen LogP contribution < -0.4 is 21.3 Å². The molecule has 0 aliphatic heterocycles. The number of carbonyl (C=O) groups is 4. The Bertz CT molecular complexity index is 1400. The number of amides is 4. The largest absolute Gasteiger partial charge is 0.391 e. The lowest BCUT2D eigenvalue weighted by molar-refractivity contribution is -0.151. The van der Waals surface area contributed by atoms with E-state index in [0.717, 1.165) is 43.7 Å². The van der Waals surface area contributed by atoms with Crippen molar-refractivity contribution in [1.82, 2.24) is 25.7 Å². The summed E-state index contributed by atoms with van der Waals surface area (Å²) in [6.07, 6.45) is 0.597. The number of halogens is 3. The van der Waals surface area contributed by atoms with Crippen LogP contribution in [0.4, 0.5) is 18.9 Å². The number of benzene rings is 1. The second-order valence-corrected chi connectivity index (χ2v) is 12.5. The standard InChI is InChI=1S/C31H39F3N6O4/c1-16(2)40-25(12-13-35-40)29(43)39-27(26(18-4-5-18)19-6-7-19)30(44)37-21-9-10-22-20(14-21)8-11-23(22)38-28(42)24(36-17(3)41)15-31(32,33)34/h9-10,12-14,16,18-19,23-24,26-27H,4-8,11,15H2,1-3H3,(H,36,41)(H,37,44)(H,38,42)(H,39,43)/t23-,24-,27+/m1/s1. The van der Waals surface area contributed by atoms with Gasteiger partial charge in [0, 0.05) is 24.8 Å². The SMILES string of the molecule is CC(=O)N[C@H](CC(F)(F)F)C(=O)N[C@@H]1CCc2cc(NC(=O)[C@@H](NC(=O)c3ccnn3C(C)C)C(C3CC3)C3CC3)ccc21. The van der Waals surface area contributed by atoms with E-state index in [1.54, 1.807) is 35.1 Å². The van der Waals surface area contributed by atoms with Gasteiger partial charge in [-0.1, -0.05) is 6.07 Å². The molecule has 2 saturated carbocycles. The van der Waals surface area contributed by atoms with Gasteiger partial charge in [0.1, 0.15) is 17.8 Å². The van der Waals surface area contributed by atoms with Crippen molar-refractivity contribution in [1.29, 1.82) is 0 Å². The third-order valence-corrected chi connectivity index (χ3v) is 8.61. The van der Waals surface area contributed by atoms with Gasteiger partial charge in [-0.3, -0.25) is 23.9 Å². The fourth-order valence-electron chi connectivity index (χ4n) is 6.37. The molecule has 2 aromatic rings. The summed E-state index contributed by atoms with van der Waals surface area (Å²) >= 11 is 0. The minimum absolute atomic E-state index is 0.0263. The maximum atomic E-state index is 13.8. The molecule has 10 nitrogen and oxygen atoms in total. The van der Waals surface area contributed by atoms with E-state index in [4.69, 9.17) is 0 Å². The number of aryl methyl sites for hydroxylation is 1. The molecule has 1 aromatic carbocycles. The molecule has 3 atom stereocenters. The first kappa shape index (κ1) is 31.5. The Balaban J connectivity index is 1.29. The topological polar surface area (TPSA) is 134 Å². The van der Waals surface area contributed by atoms with E-state index in [1.165, 1.54) is 0 Å². The molecular formula is C31H39F3N6O4. The van der Waals surface area contributed by atoms with Crippen LogP contribution in [0.5, 0.6) is 0 Å². The first-order chi connectivity index (χ1) is 20.8. The van der Waals surface area contributed by atoms with Gasteiger partial charge < -0.3 is 21.3 Å². The van der Waals surface area contributed by atoms with Gasteiger partial charge in [0.05, 0.1) is 12.5 Å². The van der Waals surface area contributed by atoms with Crippen LogP contribution >= 0.6 is 0 Å². The van der Waals surface area contributed by atoms with Crippen LogP contribution in [0.15, 0.2) is 30.5 Å². The number of alkyl halides is 3. The van der Waals surface area contributed by atoms with E-state index in [9.17, 15) is 32.3 Å². The minimum atomic E-state index is -4.63. The molecule has 0 unspecified atom stereocenters. The molecule has 13 heteroatoms. The fourth-order valence-corrected chi connectivity index (χ4v) is 6.37. The molecule has 0 bridgehead atoms. The smallest absolute Gasteiger partial charge is 0.347 e. The summed E-state index contributed by atoms with van der Waals surface area (Å²) in [5.74, 6) is -1.47. The number of carbonyl (C=O) groups excluding carboxylic acids is 4. The van der Waals surface area contributed by atoms with Crippen molar-refractivity contribution < 1.29 is 32.3 Å². The fraction of sp³-hybridized carbons (Fsp3) is 0.581. The number of rotatable bonds is 12. The quantitative estimate of drug-likeness (QED) is 0.284. The van der Waals surface area contributed by atoms with Crippen molar-refractivity contribution in [3.63, 3.8) is 0 Å².